The van der Waals surface area contributed by atoms with Crippen LogP contribution in [0.2, 0.25) is 0 Å². The van der Waals surface area contributed by atoms with Crippen molar-refractivity contribution in [1.29, 1.82) is 0 Å². The minimum atomic E-state index is 0.447. The highest BCUT2D eigenvalue weighted by molar-refractivity contribution is 8.05. The summed E-state index contributed by atoms with van der Waals surface area (Å²) in [5.41, 5.74) is 0.447. The molecule has 2 heteroatoms. The molecule has 140 valence electrons. The van der Waals surface area contributed by atoms with Gasteiger partial charge in [0.2, 0.25) is 0 Å². The van der Waals surface area contributed by atoms with Crippen molar-refractivity contribution in [3.63, 3.8) is 0 Å². The van der Waals surface area contributed by atoms with E-state index in [1.807, 2.05) is 0 Å². The Bertz CT molecular complexity index is 567. The molecule has 2 saturated carbocycles. The van der Waals surface area contributed by atoms with Gasteiger partial charge in [-0.1, -0.05) is 46.8 Å². The van der Waals surface area contributed by atoms with E-state index >= 15 is 0 Å². The molecule has 0 aromatic rings. The van der Waals surface area contributed by atoms with Gasteiger partial charge in [0.15, 0.2) is 0 Å². The van der Waals surface area contributed by atoms with Crippen LogP contribution >= 0.6 is 23.5 Å². The van der Waals surface area contributed by atoms with E-state index in [1.54, 1.807) is 9.81 Å². The zero-order chi connectivity index (χ0) is 18.1. The molecule has 2 fully saturated rings. The van der Waals surface area contributed by atoms with E-state index in [2.05, 4.69) is 84.1 Å². The SMILES string of the molecule is CC1=CC2C(S1)C(C(C)(C)C1C[C@H](C(C)C)CC1C)C1SC(C)=C[C@@H]21. The normalized spacial score (nSPS) is 46.4. The van der Waals surface area contributed by atoms with Crippen LogP contribution in [0.5, 0.6) is 0 Å². The van der Waals surface area contributed by atoms with Gasteiger partial charge in [-0.15, -0.1) is 23.5 Å². The first-order valence-corrected chi connectivity index (χ1v) is 12.2. The summed E-state index contributed by atoms with van der Waals surface area (Å²) < 4.78 is 0. The second-order valence-electron chi connectivity index (χ2n) is 10.3. The minimum absolute atomic E-state index is 0.447. The molecule has 0 radical (unpaired) electrons. The van der Waals surface area contributed by atoms with Gasteiger partial charge in [0.25, 0.3) is 0 Å². The highest BCUT2D eigenvalue weighted by atomic mass is 32.2. The van der Waals surface area contributed by atoms with Crippen LogP contribution in [0.25, 0.3) is 0 Å². The summed E-state index contributed by atoms with van der Waals surface area (Å²) in [6, 6.07) is 0. The smallest absolute Gasteiger partial charge is 0.0204 e. The van der Waals surface area contributed by atoms with Crippen molar-refractivity contribution in [3.05, 3.63) is 22.0 Å². The summed E-state index contributed by atoms with van der Waals surface area (Å²) >= 11 is 4.43. The van der Waals surface area contributed by atoms with Crippen LogP contribution in [0.15, 0.2) is 22.0 Å². The molecule has 25 heavy (non-hydrogen) atoms. The average Bonchev–Trinajstić information content (AvgIpc) is 3.20. The summed E-state index contributed by atoms with van der Waals surface area (Å²) in [6.45, 7) is 17.4. The Kier molecular flexibility index (Phi) is 4.72. The number of hydrogen-bond donors (Lipinski definition) is 0. The number of allylic oxidation sites excluding steroid dienone is 4. The van der Waals surface area contributed by atoms with Crippen LogP contribution in [0.1, 0.15) is 61.3 Å². The van der Waals surface area contributed by atoms with E-state index < -0.39 is 0 Å². The third-order valence-electron chi connectivity index (χ3n) is 8.09. The fourth-order valence-electron chi connectivity index (χ4n) is 6.84. The molecule has 0 aromatic carbocycles. The number of rotatable bonds is 3. The molecule has 4 aliphatic rings. The standard InChI is InChI=1S/C23H36S2/c1-12(2)16-8-13(3)19(11-16)23(6,7)20-21-17(9-14(4)24-21)18-10-15(5)25-22(18)20/h9-10,12-13,16-22H,8,11H2,1-7H3/t13?,16-,17+,18?,19?,20?,21?,22?/m1/s1. The predicted octanol–water partition coefficient (Wildman–Crippen LogP) is 7.23. The van der Waals surface area contributed by atoms with Crippen LogP contribution in [0.4, 0.5) is 0 Å². The van der Waals surface area contributed by atoms with Gasteiger partial charge >= 0.3 is 0 Å². The van der Waals surface area contributed by atoms with Crippen molar-refractivity contribution in [1.82, 2.24) is 0 Å². The second-order valence-corrected chi connectivity index (χ2v) is 13.1. The van der Waals surface area contributed by atoms with E-state index in [1.165, 1.54) is 12.8 Å². The summed E-state index contributed by atoms with van der Waals surface area (Å²) in [5, 5.41) is 1.65. The molecular weight excluding hydrogens is 340 g/mol. The van der Waals surface area contributed by atoms with Crippen LogP contribution in [0, 0.1) is 46.8 Å². The Morgan fingerprint density at radius 1 is 0.960 bits per heavy atom. The van der Waals surface area contributed by atoms with Gasteiger partial charge in [-0.05, 0) is 83.3 Å². The first-order chi connectivity index (χ1) is 11.7. The summed E-state index contributed by atoms with van der Waals surface area (Å²) in [5.74, 6) is 6.01. The Morgan fingerprint density at radius 2 is 1.48 bits per heavy atom. The van der Waals surface area contributed by atoms with Crippen molar-refractivity contribution in [2.24, 2.45) is 46.8 Å². The molecule has 0 nitrogen and oxygen atoms in total. The Balaban J connectivity index is 1.64. The van der Waals surface area contributed by atoms with Crippen LogP contribution < -0.4 is 0 Å². The van der Waals surface area contributed by atoms with Gasteiger partial charge in [-0.2, -0.15) is 0 Å². The molecule has 0 aromatic heterocycles. The molecule has 4 rings (SSSR count). The van der Waals surface area contributed by atoms with Gasteiger partial charge < -0.3 is 0 Å². The molecule has 0 bridgehead atoms. The maximum Gasteiger partial charge on any atom is 0.0204 e. The fourth-order valence-corrected chi connectivity index (χ4v) is 10.4. The number of thioether (sulfide) groups is 2. The van der Waals surface area contributed by atoms with E-state index in [9.17, 15) is 0 Å². The van der Waals surface area contributed by atoms with Crippen LogP contribution in [-0.4, -0.2) is 10.5 Å². The number of hydrogen-bond acceptors (Lipinski definition) is 2. The first-order valence-electron chi connectivity index (χ1n) is 10.4. The quantitative estimate of drug-likeness (QED) is 0.509. The van der Waals surface area contributed by atoms with Crippen molar-refractivity contribution in [2.75, 3.05) is 0 Å². The van der Waals surface area contributed by atoms with E-state index in [-0.39, 0.29) is 0 Å². The molecule has 6 unspecified atom stereocenters. The average molecular weight is 377 g/mol. The fraction of sp³-hybridized carbons (Fsp3) is 0.826. The first kappa shape index (κ1) is 18.5. The lowest BCUT2D eigenvalue weighted by molar-refractivity contribution is 0.0936. The zero-order valence-corrected chi connectivity index (χ0v) is 18.7. The van der Waals surface area contributed by atoms with Gasteiger partial charge in [-0.25, -0.2) is 0 Å². The summed E-state index contributed by atoms with van der Waals surface area (Å²) in [6.07, 6.45) is 8.16. The predicted molar refractivity (Wildman–Crippen MR) is 115 cm³/mol. The third-order valence-corrected chi connectivity index (χ3v) is 10.9. The van der Waals surface area contributed by atoms with Gasteiger partial charge in [0, 0.05) is 10.5 Å². The Morgan fingerprint density at radius 3 is 1.92 bits per heavy atom. The summed E-state index contributed by atoms with van der Waals surface area (Å²) in [4.78, 5) is 3.16. The molecule has 2 heterocycles. The van der Waals surface area contributed by atoms with Gasteiger partial charge in [-0.3, -0.25) is 0 Å². The Hall–Kier alpha value is 0.180. The highest BCUT2D eigenvalue weighted by Gasteiger charge is 2.60. The molecule has 2 aliphatic heterocycles. The van der Waals surface area contributed by atoms with Crippen LogP contribution in [-0.2, 0) is 0 Å². The molecular formula is C23H36S2. The highest BCUT2D eigenvalue weighted by Crippen LogP contribution is 2.66. The lowest BCUT2D eigenvalue weighted by atomic mass is 9.64. The van der Waals surface area contributed by atoms with E-state index in [0.717, 1.165) is 51.9 Å². The molecule has 0 N–H and O–H groups in total. The van der Waals surface area contributed by atoms with Crippen molar-refractivity contribution in [2.45, 2.75) is 71.8 Å². The summed E-state index contributed by atoms with van der Waals surface area (Å²) in [7, 11) is 0. The third kappa shape index (κ3) is 2.89. The Labute approximate surface area is 164 Å². The monoisotopic (exact) mass is 376 g/mol. The topological polar surface area (TPSA) is 0 Å². The van der Waals surface area contributed by atoms with Gasteiger partial charge in [0.05, 0.1) is 0 Å². The largest absolute Gasteiger partial charge is 0.127 e. The van der Waals surface area contributed by atoms with E-state index in [0.29, 0.717) is 5.41 Å². The van der Waals surface area contributed by atoms with Crippen molar-refractivity contribution in [3.8, 4) is 0 Å². The zero-order valence-electron chi connectivity index (χ0n) is 17.1. The minimum Gasteiger partial charge on any atom is -0.127 e. The molecule has 0 saturated heterocycles. The number of fused-ring (bicyclic) bond motifs is 3. The van der Waals surface area contributed by atoms with Crippen LogP contribution in [0.3, 0.4) is 0 Å². The van der Waals surface area contributed by atoms with Crippen molar-refractivity contribution >= 4 is 23.5 Å². The lowest BCUT2D eigenvalue weighted by Crippen LogP contribution is -2.41. The van der Waals surface area contributed by atoms with Gasteiger partial charge in [0.1, 0.15) is 0 Å². The molecule has 0 spiro atoms. The second kappa shape index (κ2) is 6.36. The maximum atomic E-state index is 2.64. The maximum absolute atomic E-state index is 2.64. The molecule has 2 aliphatic carbocycles. The van der Waals surface area contributed by atoms with E-state index in [4.69, 9.17) is 0 Å². The lowest BCUT2D eigenvalue weighted by Gasteiger charge is -2.45. The molecule has 0 amide bonds. The molecule has 8 atom stereocenters. The van der Waals surface area contributed by atoms with Crippen molar-refractivity contribution < 1.29 is 0 Å².